The van der Waals surface area contributed by atoms with Crippen LogP contribution in [0, 0.1) is 18.8 Å². The first-order chi connectivity index (χ1) is 9.11. The normalized spacial score (nSPS) is 9.68. The molecule has 3 nitrogen and oxygen atoms in total. The van der Waals surface area contributed by atoms with Crippen molar-refractivity contribution < 1.29 is 4.79 Å². The summed E-state index contributed by atoms with van der Waals surface area (Å²) < 4.78 is 0. The summed E-state index contributed by atoms with van der Waals surface area (Å²) >= 11 is 1.73. The maximum Gasteiger partial charge on any atom is 0.253 e. The lowest BCUT2D eigenvalue weighted by molar-refractivity contribution is 0.0803. The predicted octanol–water partition coefficient (Wildman–Crippen LogP) is 1.74. The molecule has 102 valence electrons. The van der Waals surface area contributed by atoms with Crippen LogP contribution >= 0.6 is 11.8 Å². The van der Waals surface area contributed by atoms with E-state index in [1.165, 1.54) is 0 Å². The van der Waals surface area contributed by atoms with E-state index in [4.69, 9.17) is 5.73 Å². The van der Waals surface area contributed by atoms with Crippen molar-refractivity contribution in [2.45, 2.75) is 6.92 Å². The molecule has 0 atom stereocenters. The molecule has 0 unspecified atom stereocenters. The van der Waals surface area contributed by atoms with E-state index in [9.17, 15) is 4.79 Å². The second-order valence-corrected chi connectivity index (χ2v) is 5.19. The van der Waals surface area contributed by atoms with Gasteiger partial charge in [-0.1, -0.05) is 17.9 Å². The first kappa shape index (κ1) is 15.6. The third-order valence-corrected chi connectivity index (χ3v) is 3.46. The summed E-state index contributed by atoms with van der Waals surface area (Å²) in [5.41, 5.74) is 7.88. The van der Waals surface area contributed by atoms with Crippen molar-refractivity contribution in [1.29, 1.82) is 0 Å². The number of nitrogens with zero attached hydrogens (tertiary/aromatic N) is 1. The van der Waals surface area contributed by atoms with Crippen LogP contribution in [0.15, 0.2) is 18.2 Å². The van der Waals surface area contributed by atoms with Crippen molar-refractivity contribution in [3.63, 3.8) is 0 Å². The summed E-state index contributed by atoms with van der Waals surface area (Å²) in [4.78, 5) is 14.1. The molecular weight excluding hydrogens is 256 g/mol. The van der Waals surface area contributed by atoms with Crippen LogP contribution in [-0.2, 0) is 0 Å². The van der Waals surface area contributed by atoms with E-state index >= 15 is 0 Å². The molecule has 0 spiro atoms. The number of carbonyl (C=O) groups excluding carboxylic acids is 1. The minimum Gasteiger partial charge on any atom is -0.341 e. The highest BCUT2D eigenvalue weighted by molar-refractivity contribution is 7.98. The molecule has 4 heteroatoms. The number of amides is 1. The third-order valence-electron chi connectivity index (χ3n) is 2.87. The second kappa shape index (κ2) is 7.88. The quantitative estimate of drug-likeness (QED) is 0.852. The fourth-order valence-electron chi connectivity index (χ4n) is 1.68. The molecule has 0 saturated carbocycles. The van der Waals surface area contributed by atoms with Gasteiger partial charge < -0.3 is 10.6 Å². The van der Waals surface area contributed by atoms with Crippen LogP contribution < -0.4 is 5.73 Å². The fraction of sp³-hybridized carbons (Fsp3) is 0.400. The number of thioether (sulfide) groups is 1. The van der Waals surface area contributed by atoms with Gasteiger partial charge in [-0.25, -0.2) is 0 Å². The van der Waals surface area contributed by atoms with Crippen LogP contribution in [0.3, 0.4) is 0 Å². The average Bonchev–Trinajstić information content (AvgIpc) is 2.43. The molecule has 0 bridgehead atoms. The molecule has 0 aliphatic carbocycles. The van der Waals surface area contributed by atoms with Gasteiger partial charge in [0.05, 0.1) is 6.54 Å². The molecule has 1 aromatic carbocycles. The van der Waals surface area contributed by atoms with Gasteiger partial charge in [0.2, 0.25) is 0 Å². The Kier molecular flexibility index (Phi) is 6.48. The van der Waals surface area contributed by atoms with Crippen LogP contribution in [0.2, 0.25) is 0 Å². The van der Waals surface area contributed by atoms with Crippen LogP contribution in [0.25, 0.3) is 0 Å². The van der Waals surface area contributed by atoms with Crippen molar-refractivity contribution in [2.24, 2.45) is 5.73 Å². The monoisotopic (exact) mass is 276 g/mol. The zero-order valence-electron chi connectivity index (χ0n) is 11.7. The van der Waals surface area contributed by atoms with Gasteiger partial charge in [-0.2, -0.15) is 11.8 Å². The molecule has 0 radical (unpaired) electrons. The summed E-state index contributed by atoms with van der Waals surface area (Å²) in [7, 11) is 1.83. The van der Waals surface area contributed by atoms with E-state index < -0.39 is 0 Å². The van der Waals surface area contributed by atoms with E-state index in [-0.39, 0.29) is 5.91 Å². The SMILES string of the molecule is CSCCN(C)C(=O)c1cccc(C#CCN)c1C. The number of carbonyl (C=O) groups is 1. The lowest BCUT2D eigenvalue weighted by Crippen LogP contribution is -2.29. The van der Waals surface area contributed by atoms with E-state index in [0.29, 0.717) is 12.1 Å². The maximum atomic E-state index is 12.3. The number of rotatable bonds is 4. The van der Waals surface area contributed by atoms with Crippen LogP contribution in [0.1, 0.15) is 21.5 Å². The van der Waals surface area contributed by atoms with E-state index in [0.717, 1.165) is 23.4 Å². The maximum absolute atomic E-state index is 12.3. The zero-order chi connectivity index (χ0) is 14.3. The van der Waals surface area contributed by atoms with Gasteiger partial charge in [-0.05, 0) is 30.9 Å². The first-order valence-corrected chi connectivity index (χ1v) is 7.54. The van der Waals surface area contributed by atoms with Crippen LogP contribution in [-0.4, -0.2) is 43.0 Å². The molecule has 1 rings (SSSR count). The molecule has 1 aromatic rings. The molecule has 1 amide bonds. The van der Waals surface area contributed by atoms with Crippen LogP contribution in [0.5, 0.6) is 0 Å². The molecule has 0 aliphatic rings. The Balaban J connectivity index is 2.97. The Labute approximate surface area is 119 Å². The molecule has 0 fully saturated rings. The largest absolute Gasteiger partial charge is 0.341 e. The summed E-state index contributed by atoms with van der Waals surface area (Å²) in [6.45, 7) is 3.00. The topological polar surface area (TPSA) is 46.3 Å². The lowest BCUT2D eigenvalue weighted by Gasteiger charge is -2.18. The zero-order valence-corrected chi connectivity index (χ0v) is 12.5. The van der Waals surface area contributed by atoms with Gasteiger partial charge >= 0.3 is 0 Å². The number of nitrogens with two attached hydrogens (primary N) is 1. The Bertz CT molecular complexity index is 503. The van der Waals surface area contributed by atoms with Gasteiger partial charge in [0.15, 0.2) is 0 Å². The number of benzene rings is 1. The van der Waals surface area contributed by atoms with Gasteiger partial charge in [0.1, 0.15) is 0 Å². The van der Waals surface area contributed by atoms with Gasteiger partial charge in [0, 0.05) is 30.5 Å². The predicted molar refractivity (Wildman–Crippen MR) is 82.5 cm³/mol. The molecule has 0 saturated heterocycles. The average molecular weight is 276 g/mol. The fourth-order valence-corrected chi connectivity index (χ4v) is 2.14. The summed E-state index contributed by atoms with van der Waals surface area (Å²) in [6.07, 6.45) is 2.03. The Morgan fingerprint density at radius 3 is 2.84 bits per heavy atom. The Morgan fingerprint density at radius 2 is 2.21 bits per heavy atom. The van der Waals surface area contributed by atoms with E-state index in [1.807, 2.05) is 38.4 Å². The summed E-state index contributed by atoms with van der Waals surface area (Å²) in [6, 6.07) is 5.63. The summed E-state index contributed by atoms with van der Waals surface area (Å²) in [5.74, 6) is 6.81. The Morgan fingerprint density at radius 1 is 1.47 bits per heavy atom. The van der Waals surface area contributed by atoms with Gasteiger partial charge in [-0.15, -0.1) is 0 Å². The molecular formula is C15H20N2OS. The van der Waals surface area contributed by atoms with Crippen molar-refractivity contribution in [1.82, 2.24) is 4.90 Å². The van der Waals surface area contributed by atoms with Crippen molar-refractivity contribution in [2.75, 3.05) is 32.1 Å². The van der Waals surface area contributed by atoms with Gasteiger partial charge in [0.25, 0.3) is 5.91 Å². The minimum absolute atomic E-state index is 0.0444. The molecule has 0 aliphatic heterocycles. The molecule has 0 heterocycles. The minimum atomic E-state index is 0.0444. The molecule has 19 heavy (non-hydrogen) atoms. The molecule has 0 aromatic heterocycles. The standard InChI is InChI=1S/C15H20N2OS/c1-12-13(7-5-9-16)6-4-8-14(12)15(18)17(2)10-11-19-3/h4,6,8H,9-11,16H2,1-3H3. The number of hydrogen-bond donors (Lipinski definition) is 1. The van der Waals surface area contributed by atoms with Crippen molar-refractivity contribution in [3.05, 3.63) is 34.9 Å². The van der Waals surface area contributed by atoms with Crippen molar-refractivity contribution >= 4 is 17.7 Å². The summed E-state index contributed by atoms with van der Waals surface area (Å²) in [5, 5.41) is 0. The number of hydrogen-bond acceptors (Lipinski definition) is 3. The van der Waals surface area contributed by atoms with Crippen molar-refractivity contribution in [3.8, 4) is 11.8 Å². The second-order valence-electron chi connectivity index (χ2n) is 4.20. The molecule has 2 N–H and O–H groups in total. The highest BCUT2D eigenvalue weighted by Gasteiger charge is 2.14. The first-order valence-electron chi connectivity index (χ1n) is 6.14. The Hall–Kier alpha value is -1.44. The highest BCUT2D eigenvalue weighted by Crippen LogP contribution is 2.15. The van der Waals surface area contributed by atoms with E-state index in [2.05, 4.69) is 11.8 Å². The van der Waals surface area contributed by atoms with Gasteiger partial charge in [-0.3, -0.25) is 4.79 Å². The smallest absolute Gasteiger partial charge is 0.253 e. The third kappa shape index (κ3) is 4.30. The van der Waals surface area contributed by atoms with Crippen LogP contribution in [0.4, 0.5) is 0 Å². The lowest BCUT2D eigenvalue weighted by atomic mass is 10.0. The highest BCUT2D eigenvalue weighted by atomic mass is 32.2. The van der Waals surface area contributed by atoms with E-state index in [1.54, 1.807) is 16.7 Å².